The molecule has 0 atom stereocenters. The second kappa shape index (κ2) is 9.23. The summed E-state index contributed by atoms with van der Waals surface area (Å²) >= 11 is 5.44. The lowest BCUT2D eigenvalue weighted by Crippen LogP contribution is -1.81. The van der Waals surface area contributed by atoms with Gasteiger partial charge in [0.1, 0.15) is 0 Å². The largest absolute Gasteiger partial charge is 0.0901 e. The van der Waals surface area contributed by atoms with Gasteiger partial charge in [-0.05, 0) is 54.6 Å². The maximum Gasteiger partial charge on any atom is 0.0262 e. The molecule has 132 valence electrons. The molecule has 0 aliphatic carbocycles. The lowest BCUT2D eigenvalue weighted by molar-refractivity contribution is 1.23. The van der Waals surface area contributed by atoms with Crippen LogP contribution in [0.3, 0.4) is 0 Å². The van der Waals surface area contributed by atoms with Crippen molar-refractivity contribution in [3.8, 4) is 0 Å². The van der Waals surface area contributed by atoms with Crippen LogP contribution in [0.2, 0.25) is 0 Å². The lowest BCUT2D eigenvalue weighted by Gasteiger charge is -2.10. The Bertz CT molecular complexity index is 998. The molecular formula is C24H18S3. The van der Waals surface area contributed by atoms with E-state index >= 15 is 0 Å². The molecule has 0 aliphatic rings. The van der Waals surface area contributed by atoms with E-state index in [1.54, 1.807) is 11.8 Å². The molecule has 0 fully saturated rings. The van der Waals surface area contributed by atoms with Crippen molar-refractivity contribution in [3.63, 3.8) is 0 Å². The molecule has 4 aromatic carbocycles. The summed E-state index contributed by atoms with van der Waals surface area (Å²) in [4.78, 5) is 7.62. The summed E-state index contributed by atoms with van der Waals surface area (Å²) in [5.74, 6) is 0. The molecule has 27 heavy (non-hydrogen) atoms. The molecule has 0 saturated carbocycles. The minimum Gasteiger partial charge on any atom is -0.0901 e. The first-order valence-electron chi connectivity index (χ1n) is 8.69. The van der Waals surface area contributed by atoms with E-state index in [1.807, 2.05) is 23.5 Å². The van der Waals surface area contributed by atoms with Crippen molar-refractivity contribution in [1.82, 2.24) is 0 Å². The molecule has 0 spiro atoms. The zero-order valence-electron chi connectivity index (χ0n) is 14.6. The maximum absolute atomic E-state index is 2.27. The van der Waals surface area contributed by atoms with Crippen molar-refractivity contribution in [3.05, 3.63) is 109 Å². The topological polar surface area (TPSA) is 0 Å². The summed E-state index contributed by atoms with van der Waals surface area (Å²) in [6.07, 6.45) is 0. The first kappa shape index (κ1) is 18.3. The monoisotopic (exact) mass is 402 g/mol. The minimum atomic E-state index is 1.26. The van der Waals surface area contributed by atoms with E-state index in [0.717, 1.165) is 0 Å². The van der Waals surface area contributed by atoms with E-state index in [0.29, 0.717) is 0 Å². The van der Waals surface area contributed by atoms with Gasteiger partial charge in [-0.3, -0.25) is 0 Å². The highest BCUT2D eigenvalue weighted by atomic mass is 32.2. The van der Waals surface area contributed by atoms with Crippen molar-refractivity contribution >= 4 is 35.3 Å². The fourth-order valence-electron chi connectivity index (χ4n) is 2.59. The van der Waals surface area contributed by atoms with Gasteiger partial charge in [-0.2, -0.15) is 0 Å². The summed E-state index contributed by atoms with van der Waals surface area (Å²) in [5, 5.41) is 0. The molecule has 0 amide bonds. The van der Waals surface area contributed by atoms with Crippen molar-refractivity contribution < 1.29 is 0 Å². The highest BCUT2D eigenvalue weighted by molar-refractivity contribution is 8.02. The van der Waals surface area contributed by atoms with Crippen molar-refractivity contribution in [2.75, 3.05) is 0 Å². The van der Waals surface area contributed by atoms with Gasteiger partial charge in [0.25, 0.3) is 0 Å². The number of benzene rings is 4. The fraction of sp³-hybridized carbons (Fsp3) is 0. The second-order valence-electron chi connectivity index (χ2n) is 5.85. The maximum atomic E-state index is 2.27. The summed E-state index contributed by atoms with van der Waals surface area (Å²) in [7, 11) is 0. The second-order valence-corrected chi connectivity index (χ2v) is 9.23. The third kappa shape index (κ3) is 5.23. The first-order valence-corrected chi connectivity index (χ1v) is 11.1. The van der Waals surface area contributed by atoms with Crippen LogP contribution in [0.5, 0.6) is 0 Å². The van der Waals surface area contributed by atoms with Gasteiger partial charge < -0.3 is 0 Å². The summed E-state index contributed by atoms with van der Waals surface area (Å²) in [6.45, 7) is 0. The molecule has 0 saturated heterocycles. The number of hydrogen-bond donors (Lipinski definition) is 0. The van der Waals surface area contributed by atoms with E-state index in [2.05, 4.69) is 109 Å². The molecule has 0 nitrogen and oxygen atoms in total. The van der Waals surface area contributed by atoms with E-state index in [1.165, 1.54) is 29.4 Å². The van der Waals surface area contributed by atoms with E-state index in [9.17, 15) is 0 Å². The van der Waals surface area contributed by atoms with E-state index < -0.39 is 0 Å². The highest BCUT2D eigenvalue weighted by Gasteiger charge is 2.07. The molecule has 0 unspecified atom stereocenters. The Labute approximate surface area is 173 Å². The van der Waals surface area contributed by atoms with E-state index in [-0.39, 0.29) is 0 Å². The van der Waals surface area contributed by atoms with Crippen molar-refractivity contribution in [2.24, 2.45) is 0 Å². The molecule has 0 bridgehead atoms. The highest BCUT2D eigenvalue weighted by Crippen LogP contribution is 2.39. The summed E-state index contributed by atoms with van der Waals surface area (Å²) < 4.78 is 0. The summed E-state index contributed by atoms with van der Waals surface area (Å²) in [6, 6.07) is 38.4. The van der Waals surface area contributed by atoms with Crippen LogP contribution >= 0.6 is 35.3 Å². The molecular weight excluding hydrogens is 384 g/mol. The van der Waals surface area contributed by atoms with Gasteiger partial charge in [-0.1, -0.05) is 89.9 Å². The van der Waals surface area contributed by atoms with Crippen LogP contribution in [0.25, 0.3) is 0 Å². The zero-order valence-corrected chi connectivity index (χ0v) is 17.1. The average molecular weight is 403 g/mol. The predicted molar refractivity (Wildman–Crippen MR) is 118 cm³/mol. The smallest absolute Gasteiger partial charge is 0.0262 e. The number of hydrogen-bond acceptors (Lipinski definition) is 3. The van der Waals surface area contributed by atoms with Crippen LogP contribution in [-0.4, -0.2) is 0 Å². The molecule has 0 radical (unpaired) electrons. The quantitative estimate of drug-likeness (QED) is 0.319. The van der Waals surface area contributed by atoms with Crippen molar-refractivity contribution in [1.29, 1.82) is 0 Å². The molecule has 0 aliphatic heterocycles. The van der Waals surface area contributed by atoms with E-state index in [4.69, 9.17) is 0 Å². The molecule has 0 N–H and O–H groups in total. The Morgan fingerprint density at radius 3 is 1.33 bits per heavy atom. The zero-order chi connectivity index (χ0) is 18.3. The predicted octanol–water partition coefficient (Wildman–Crippen LogP) is 8.14. The molecule has 3 heteroatoms. The SMILES string of the molecule is c1ccc(Sc2cccc(Sc3ccccc3Sc3ccccc3)c2)cc1. The van der Waals surface area contributed by atoms with Gasteiger partial charge in [-0.25, -0.2) is 0 Å². The number of rotatable bonds is 6. The first-order chi connectivity index (χ1) is 13.4. The van der Waals surface area contributed by atoms with Gasteiger partial charge >= 0.3 is 0 Å². The van der Waals surface area contributed by atoms with Crippen LogP contribution in [-0.2, 0) is 0 Å². The van der Waals surface area contributed by atoms with Gasteiger partial charge in [0.15, 0.2) is 0 Å². The fourth-order valence-corrected chi connectivity index (χ4v) is 5.57. The summed E-state index contributed by atoms with van der Waals surface area (Å²) in [5.41, 5.74) is 0. The third-order valence-electron chi connectivity index (χ3n) is 3.83. The normalized spacial score (nSPS) is 10.7. The van der Waals surface area contributed by atoms with Crippen LogP contribution in [0.1, 0.15) is 0 Å². The van der Waals surface area contributed by atoms with Gasteiger partial charge in [0, 0.05) is 29.4 Å². The molecule has 0 heterocycles. The van der Waals surface area contributed by atoms with Crippen LogP contribution in [0.15, 0.2) is 139 Å². The lowest BCUT2D eigenvalue weighted by atomic mass is 10.4. The Hall–Kier alpha value is -2.07. The van der Waals surface area contributed by atoms with Crippen LogP contribution in [0, 0.1) is 0 Å². The Balaban J connectivity index is 1.53. The van der Waals surface area contributed by atoms with Gasteiger partial charge in [0.05, 0.1) is 0 Å². The van der Waals surface area contributed by atoms with Gasteiger partial charge in [-0.15, -0.1) is 0 Å². The Morgan fingerprint density at radius 1 is 0.333 bits per heavy atom. The van der Waals surface area contributed by atoms with Gasteiger partial charge in [0.2, 0.25) is 0 Å². The van der Waals surface area contributed by atoms with Crippen molar-refractivity contribution in [2.45, 2.75) is 29.4 Å². The molecule has 4 aromatic rings. The average Bonchev–Trinajstić information content (AvgIpc) is 2.71. The standard InChI is InChI=1S/C24H18S3/c1-3-10-19(11-4-1)25-21-14-9-15-22(18-21)27-24-17-8-7-16-23(24)26-20-12-5-2-6-13-20/h1-18H. The third-order valence-corrected chi connectivity index (χ3v) is 7.11. The minimum absolute atomic E-state index is 1.26. The molecule has 4 rings (SSSR count). The Morgan fingerprint density at radius 2 is 0.741 bits per heavy atom. The van der Waals surface area contributed by atoms with Crippen LogP contribution in [0.4, 0.5) is 0 Å². The Kier molecular flexibility index (Phi) is 6.25. The molecule has 0 aromatic heterocycles. The van der Waals surface area contributed by atoms with Crippen LogP contribution < -0.4 is 0 Å².